The number of aliphatic carboxylic acids is 1. The van der Waals surface area contributed by atoms with E-state index in [1.165, 1.54) is 34.2 Å². The lowest BCUT2D eigenvalue weighted by Crippen LogP contribution is -2.34. The SMILES string of the molecule is CC(=O)O.CNC(=O)c1cc2c(=O)n3ccccc3nc2n(Cc2ccc(F)cc2)c1=N. The first-order valence-electron chi connectivity index (χ1n) is 9.48. The first-order chi connectivity index (χ1) is 15.2. The monoisotopic (exact) mass is 437 g/mol. The van der Waals surface area contributed by atoms with Crippen molar-refractivity contribution in [3.8, 4) is 0 Å². The molecule has 0 aliphatic rings. The van der Waals surface area contributed by atoms with Gasteiger partial charge in [0.1, 0.15) is 22.6 Å². The summed E-state index contributed by atoms with van der Waals surface area (Å²) in [5.41, 5.74) is 1.08. The van der Waals surface area contributed by atoms with Gasteiger partial charge in [0.15, 0.2) is 0 Å². The van der Waals surface area contributed by atoms with Crippen LogP contribution < -0.4 is 16.4 Å². The molecule has 4 aromatic rings. The Morgan fingerprint density at radius 3 is 2.47 bits per heavy atom. The minimum atomic E-state index is -0.833. The van der Waals surface area contributed by atoms with E-state index < -0.39 is 11.9 Å². The maximum Gasteiger partial charge on any atom is 0.300 e. The van der Waals surface area contributed by atoms with Crippen molar-refractivity contribution < 1.29 is 19.1 Å². The summed E-state index contributed by atoms with van der Waals surface area (Å²) in [5, 5.41) is 18.6. The highest BCUT2D eigenvalue weighted by Crippen LogP contribution is 2.13. The molecule has 0 radical (unpaired) electrons. The molecule has 164 valence electrons. The number of fused-ring (bicyclic) bond motifs is 2. The van der Waals surface area contributed by atoms with E-state index in [0.29, 0.717) is 11.2 Å². The molecule has 1 amide bonds. The second-order valence-corrected chi connectivity index (χ2v) is 6.80. The molecule has 3 heterocycles. The number of rotatable bonds is 3. The van der Waals surface area contributed by atoms with Crippen LogP contribution in [0.15, 0.2) is 59.5 Å². The molecule has 9 nitrogen and oxygen atoms in total. The van der Waals surface area contributed by atoms with Crippen LogP contribution in [0.1, 0.15) is 22.8 Å². The molecule has 32 heavy (non-hydrogen) atoms. The molecule has 0 unspecified atom stereocenters. The lowest BCUT2D eigenvalue weighted by atomic mass is 10.1. The molecule has 4 rings (SSSR count). The van der Waals surface area contributed by atoms with Gasteiger partial charge >= 0.3 is 0 Å². The van der Waals surface area contributed by atoms with Crippen LogP contribution in [0.25, 0.3) is 16.7 Å². The number of hydrogen-bond acceptors (Lipinski definition) is 5. The van der Waals surface area contributed by atoms with Crippen LogP contribution in [-0.4, -0.2) is 38.0 Å². The summed E-state index contributed by atoms with van der Waals surface area (Å²) in [6.45, 7) is 1.25. The van der Waals surface area contributed by atoms with Crippen molar-refractivity contribution in [1.29, 1.82) is 5.41 Å². The molecule has 3 aromatic heterocycles. The highest BCUT2D eigenvalue weighted by molar-refractivity contribution is 5.96. The number of aromatic nitrogens is 3. The maximum absolute atomic E-state index is 13.2. The molecule has 0 aliphatic heterocycles. The van der Waals surface area contributed by atoms with E-state index in [1.807, 2.05) is 0 Å². The van der Waals surface area contributed by atoms with Crippen molar-refractivity contribution in [3.05, 3.63) is 87.5 Å². The Bertz CT molecular complexity index is 1440. The van der Waals surface area contributed by atoms with Gasteiger partial charge in [-0.2, -0.15) is 0 Å². The molecule has 0 bridgehead atoms. The number of carboxylic acids is 1. The van der Waals surface area contributed by atoms with Gasteiger partial charge in [-0.3, -0.25) is 24.2 Å². The van der Waals surface area contributed by atoms with E-state index in [4.69, 9.17) is 15.3 Å². The Morgan fingerprint density at radius 2 is 1.84 bits per heavy atom. The van der Waals surface area contributed by atoms with E-state index in [-0.39, 0.29) is 40.0 Å². The second-order valence-electron chi connectivity index (χ2n) is 6.80. The highest BCUT2D eigenvalue weighted by atomic mass is 19.1. The van der Waals surface area contributed by atoms with E-state index in [9.17, 15) is 14.0 Å². The number of carboxylic acid groups (broad SMARTS) is 1. The molecule has 10 heteroatoms. The number of carbonyl (C=O) groups is 2. The van der Waals surface area contributed by atoms with Crippen LogP contribution in [0.5, 0.6) is 0 Å². The van der Waals surface area contributed by atoms with E-state index in [2.05, 4.69) is 10.3 Å². The maximum atomic E-state index is 13.2. The van der Waals surface area contributed by atoms with Crippen LogP contribution >= 0.6 is 0 Å². The summed E-state index contributed by atoms with van der Waals surface area (Å²) >= 11 is 0. The molecule has 0 saturated carbocycles. The first-order valence-corrected chi connectivity index (χ1v) is 9.48. The predicted octanol–water partition coefficient (Wildman–Crippen LogP) is 1.77. The first kappa shape index (κ1) is 22.3. The third kappa shape index (κ3) is 4.53. The van der Waals surface area contributed by atoms with Crippen LogP contribution in [0.4, 0.5) is 4.39 Å². The zero-order chi connectivity index (χ0) is 23.4. The Morgan fingerprint density at radius 1 is 1.19 bits per heavy atom. The van der Waals surface area contributed by atoms with Gasteiger partial charge in [-0.15, -0.1) is 0 Å². The lowest BCUT2D eigenvalue weighted by molar-refractivity contribution is -0.134. The summed E-state index contributed by atoms with van der Waals surface area (Å²) in [7, 11) is 1.46. The zero-order valence-electron chi connectivity index (χ0n) is 17.3. The zero-order valence-corrected chi connectivity index (χ0v) is 17.3. The fourth-order valence-electron chi connectivity index (χ4n) is 3.12. The van der Waals surface area contributed by atoms with Gasteiger partial charge in [0, 0.05) is 20.2 Å². The summed E-state index contributed by atoms with van der Waals surface area (Å²) in [6, 6.07) is 12.4. The average Bonchev–Trinajstić information content (AvgIpc) is 2.76. The van der Waals surface area contributed by atoms with Gasteiger partial charge < -0.3 is 15.0 Å². The molecule has 0 spiro atoms. The third-order valence-corrected chi connectivity index (χ3v) is 4.54. The van der Waals surface area contributed by atoms with Gasteiger partial charge in [0.25, 0.3) is 17.4 Å². The Labute approximate surface area is 180 Å². The van der Waals surface area contributed by atoms with Crippen LogP contribution in [0.2, 0.25) is 0 Å². The van der Waals surface area contributed by atoms with Crippen molar-refractivity contribution in [3.63, 3.8) is 0 Å². The topological polar surface area (TPSA) is 130 Å². The Hall–Kier alpha value is -4.34. The summed E-state index contributed by atoms with van der Waals surface area (Å²) in [5.74, 6) is -1.68. The molecule has 0 atom stereocenters. The fraction of sp³-hybridized carbons (Fsp3) is 0.136. The van der Waals surface area contributed by atoms with Gasteiger partial charge in [-0.1, -0.05) is 18.2 Å². The van der Waals surface area contributed by atoms with E-state index >= 15 is 0 Å². The van der Waals surface area contributed by atoms with Crippen molar-refractivity contribution in [2.24, 2.45) is 0 Å². The molecule has 0 saturated heterocycles. The molecular formula is C22H20FN5O4. The van der Waals surface area contributed by atoms with E-state index in [0.717, 1.165) is 6.92 Å². The third-order valence-electron chi connectivity index (χ3n) is 4.54. The second kappa shape index (κ2) is 9.21. The van der Waals surface area contributed by atoms with Crippen molar-refractivity contribution in [1.82, 2.24) is 19.3 Å². The molecule has 0 aliphatic carbocycles. The number of pyridine rings is 2. The van der Waals surface area contributed by atoms with Gasteiger partial charge in [-0.25, -0.2) is 9.37 Å². The minimum Gasteiger partial charge on any atom is -0.481 e. The quantitative estimate of drug-likeness (QED) is 0.421. The largest absolute Gasteiger partial charge is 0.481 e. The lowest BCUT2D eigenvalue weighted by Gasteiger charge is -2.14. The predicted molar refractivity (Wildman–Crippen MR) is 115 cm³/mol. The number of nitrogens with one attached hydrogen (secondary N) is 2. The number of benzene rings is 1. The van der Waals surface area contributed by atoms with Crippen LogP contribution in [0, 0.1) is 11.2 Å². The average molecular weight is 437 g/mol. The van der Waals surface area contributed by atoms with Crippen molar-refractivity contribution in [2.45, 2.75) is 13.5 Å². The number of halogens is 1. The van der Waals surface area contributed by atoms with Crippen LogP contribution in [0.3, 0.4) is 0 Å². The molecule has 1 aromatic carbocycles. The summed E-state index contributed by atoms with van der Waals surface area (Å²) in [4.78, 5) is 38.8. The van der Waals surface area contributed by atoms with Crippen molar-refractivity contribution in [2.75, 3.05) is 7.05 Å². The number of carbonyl (C=O) groups excluding carboxylic acids is 1. The number of amides is 1. The van der Waals surface area contributed by atoms with Gasteiger partial charge in [-0.05, 0) is 35.9 Å². The number of nitrogens with zero attached hydrogens (tertiary/aromatic N) is 3. The standard InChI is InChI=1S/C20H16FN5O2.C2H4O2/c1-23-19(27)14-10-15-18(24-16-4-2-3-9-25(16)20(15)28)26(17(14)22)11-12-5-7-13(21)8-6-12;1-2(3)4/h2-10,22H,11H2,1H3,(H,23,27);1H3,(H,3,4). The molecular weight excluding hydrogens is 417 g/mol. The minimum absolute atomic E-state index is 0.0619. The van der Waals surface area contributed by atoms with Crippen LogP contribution in [-0.2, 0) is 11.3 Å². The normalized spacial score (nSPS) is 10.5. The van der Waals surface area contributed by atoms with Gasteiger partial charge in [0.05, 0.1) is 17.5 Å². The van der Waals surface area contributed by atoms with Gasteiger partial charge in [0.2, 0.25) is 0 Å². The molecule has 0 fully saturated rings. The van der Waals surface area contributed by atoms with Crippen molar-refractivity contribution >= 4 is 28.6 Å². The Kier molecular flexibility index (Phi) is 6.43. The number of hydrogen-bond donors (Lipinski definition) is 3. The van der Waals surface area contributed by atoms with E-state index in [1.54, 1.807) is 36.5 Å². The fourth-order valence-corrected chi connectivity index (χ4v) is 3.12. The Balaban J connectivity index is 0.000000668. The summed E-state index contributed by atoms with van der Waals surface area (Å²) < 4.78 is 16.1. The summed E-state index contributed by atoms with van der Waals surface area (Å²) in [6.07, 6.45) is 1.60. The highest BCUT2D eigenvalue weighted by Gasteiger charge is 2.17. The smallest absolute Gasteiger partial charge is 0.300 e. The molecule has 3 N–H and O–H groups in total.